The zero-order valence-corrected chi connectivity index (χ0v) is 21.8. The van der Waals surface area contributed by atoms with E-state index in [1.807, 2.05) is 20.8 Å². The lowest BCUT2D eigenvalue weighted by Gasteiger charge is -2.19. The largest absolute Gasteiger partial charge is 0.454 e. The van der Waals surface area contributed by atoms with E-state index < -0.39 is 28.3 Å². The number of ether oxygens (including phenoxy) is 2. The third kappa shape index (κ3) is 4.03. The summed E-state index contributed by atoms with van der Waals surface area (Å²) < 4.78 is 13.5. The number of rotatable bonds is 4. The summed E-state index contributed by atoms with van der Waals surface area (Å²) in [5.74, 6) is 0.256. The monoisotopic (exact) mass is 545 g/mol. The molecular weight excluding hydrogens is 522 g/mol. The van der Waals surface area contributed by atoms with Crippen LogP contribution in [0, 0.1) is 0 Å². The molecule has 5 aromatic rings. The summed E-state index contributed by atoms with van der Waals surface area (Å²) in [6.45, 7) is 5.81. The van der Waals surface area contributed by atoms with Crippen LogP contribution < -0.4 is 37.1 Å². The van der Waals surface area contributed by atoms with Crippen molar-refractivity contribution in [2.75, 3.05) is 12.2 Å². The van der Waals surface area contributed by atoms with Crippen molar-refractivity contribution < 1.29 is 14.3 Å². The lowest BCUT2D eigenvalue weighted by molar-refractivity contribution is 0.0963. The summed E-state index contributed by atoms with van der Waals surface area (Å²) in [5, 5.41) is 4.44. The molecule has 0 unspecified atom stereocenters. The van der Waals surface area contributed by atoms with Crippen LogP contribution in [-0.2, 0) is 12.6 Å². The third-order valence-electron chi connectivity index (χ3n) is 6.35. The van der Waals surface area contributed by atoms with Gasteiger partial charge in [-0.3, -0.25) is 39.8 Å². The molecule has 1 amide bonds. The number of fused-ring (bicyclic) bond motifs is 3. The summed E-state index contributed by atoms with van der Waals surface area (Å²) in [5.41, 5.74) is 3.79. The number of pyridine rings is 1. The Morgan fingerprint density at radius 3 is 2.55 bits per heavy atom. The predicted molar refractivity (Wildman–Crippen MR) is 143 cm³/mol. The molecule has 0 aliphatic carbocycles. The number of benzene rings is 1. The minimum atomic E-state index is -0.782. The van der Waals surface area contributed by atoms with E-state index in [4.69, 9.17) is 9.47 Å². The number of aromatic amines is 2. The van der Waals surface area contributed by atoms with Gasteiger partial charge in [-0.05, 0) is 45.0 Å². The first-order chi connectivity index (χ1) is 19.0. The lowest BCUT2D eigenvalue weighted by Crippen LogP contribution is -2.34. The number of aromatic nitrogens is 7. The summed E-state index contributed by atoms with van der Waals surface area (Å²) >= 11 is 0. The molecule has 40 heavy (non-hydrogen) atoms. The van der Waals surface area contributed by atoms with Crippen molar-refractivity contribution >= 4 is 33.9 Å². The average Bonchev–Trinajstić information content (AvgIpc) is 3.56. The molecule has 4 N–H and O–H groups in total. The van der Waals surface area contributed by atoms with Gasteiger partial charge in [0.15, 0.2) is 22.8 Å². The normalized spacial score (nSPS) is 12.7. The second-order valence-corrected chi connectivity index (χ2v) is 10.1. The SMILES string of the molecule is Cn1c(=O)[nH]c(=O)c2c(C(=O)NNc3nc4c(cnn4C(C)(C)C)c(=O)[nH]3)cc(-c3ccc4c(c3)OCO4)nc21. The number of aryl methyl sites for hydroxylation is 1. The summed E-state index contributed by atoms with van der Waals surface area (Å²) in [7, 11) is 1.43. The third-order valence-corrected chi connectivity index (χ3v) is 6.35. The van der Waals surface area contributed by atoms with Crippen LogP contribution in [0.25, 0.3) is 33.3 Å². The van der Waals surface area contributed by atoms with E-state index in [1.54, 1.807) is 22.9 Å². The van der Waals surface area contributed by atoms with Crippen molar-refractivity contribution in [2.24, 2.45) is 7.05 Å². The molecule has 1 aliphatic heterocycles. The molecule has 204 valence electrons. The molecule has 0 saturated heterocycles. The fourth-order valence-corrected chi connectivity index (χ4v) is 4.37. The van der Waals surface area contributed by atoms with Crippen molar-refractivity contribution in [3.8, 4) is 22.8 Å². The van der Waals surface area contributed by atoms with Gasteiger partial charge in [0.1, 0.15) is 5.39 Å². The van der Waals surface area contributed by atoms with Gasteiger partial charge in [0.05, 0.1) is 28.4 Å². The van der Waals surface area contributed by atoms with Gasteiger partial charge in [-0.1, -0.05) is 0 Å². The van der Waals surface area contributed by atoms with Crippen molar-refractivity contribution in [3.63, 3.8) is 0 Å². The Kier molecular flexibility index (Phi) is 5.46. The standard InChI is InChI=1S/C25H23N9O6/c1-25(2,3)34-18-13(9-26-34)20(35)29-23(28-18)32-31-21(36)12-8-14(11-5-6-15-16(7-11)40-10-39-15)27-19-17(12)22(37)30-24(38)33(19)4/h5-9H,10H2,1-4H3,(H,31,36)(H,30,37,38)(H2,28,29,32,35). The average molecular weight is 546 g/mol. The molecule has 0 fully saturated rings. The maximum Gasteiger partial charge on any atom is 0.329 e. The summed E-state index contributed by atoms with van der Waals surface area (Å²) in [4.78, 5) is 64.9. The van der Waals surface area contributed by atoms with Gasteiger partial charge < -0.3 is 9.47 Å². The number of carbonyl (C=O) groups excluding carboxylic acids is 1. The number of nitrogens with zero attached hydrogens (tertiary/aromatic N) is 5. The maximum atomic E-state index is 13.5. The molecule has 0 bridgehead atoms. The molecule has 15 heteroatoms. The van der Waals surface area contributed by atoms with Crippen LogP contribution in [0.15, 0.2) is 44.8 Å². The maximum absolute atomic E-state index is 13.5. The van der Waals surface area contributed by atoms with E-state index >= 15 is 0 Å². The van der Waals surface area contributed by atoms with E-state index in [0.717, 1.165) is 4.57 Å². The van der Waals surface area contributed by atoms with Crippen LogP contribution in [-0.4, -0.2) is 47.0 Å². The second kappa shape index (κ2) is 8.79. The number of H-pyrrole nitrogens is 2. The van der Waals surface area contributed by atoms with Gasteiger partial charge >= 0.3 is 5.69 Å². The highest BCUT2D eigenvalue weighted by Crippen LogP contribution is 2.36. The lowest BCUT2D eigenvalue weighted by atomic mass is 10.1. The molecule has 0 radical (unpaired) electrons. The summed E-state index contributed by atoms with van der Waals surface area (Å²) in [6.07, 6.45) is 1.42. The number of anilines is 1. The molecule has 5 heterocycles. The molecule has 1 aliphatic rings. The van der Waals surface area contributed by atoms with E-state index in [-0.39, 0.29) is 34.7 Å². The van der Waals surface area contributed by atoms with Crippen LogP contribution in [0.2, 0.25) is 0 Å². The number of hydrogen-bond donors (Lipinski definition) is 4. The number of hydrogen-bond acceptors (Lipinski definition) is 10. The van der Waals surface area contributed by atoms with E-state index in [1.165, 1.54) is 19.3 Å². The zero-order valence-electron chi connectivity index (χ0n) is 21.8. The van der Waals surface area contributed by atoms with Crippen LogP contribution >= 0.6 is 0 Å². The van der Waals surface area contributed by atoms with Crippen LogP contribution in [0.3, 0.4) is 0 Å². The Labute approximate surface area is 223 Å². The first kappa shape index (κ1) is 24.8. The number of nitrogens with one attached hydrogen (secondary N) is 4. The summed E-state index contributed by atoms with van der Waals surface area (Å²) in [6, 6.07) is 6.52. The molecule has 6 rings (SSSR count). The number of carbonyl (C=O) groups is 1. The molecule has 0 saturated carbocycles. The minimum absolute atomic E-state index is 0.00361. The van der Waals surface area contributed by atoms with E-state index in [9.17, 15) is 19.2 Å². The fraction of sp³-hybridized carbons (Fsp3) is 0.240. The Balaban J connectivity index is 1.42. The first-order valence-electron chi connectivity index (χ1n) is 12.1. The minimum Gasteiger partial charge on any atom is -0.454 e. The van der Waals surface area contributed by atoms with Gasteiger partial charge in [0, 0.05) is 12.6 Å². The van der Waals surface area contributed by atoms with Gasteiger partial charge in [-0.2, -0.15) is 10.1 Å². The van der Waals surface area contributed by atoms with Crippen molar-refractivity contribution in [3.05, 3.63) is 67.2 Å². The molecule has 15 nitrogen and oxygen atoms in total. The Morgan fingerprint density at radius 2 is 1.77 bits per heavy atom. The van der Waals surface area contributed by atoms with Gasteiger partial charge in [0.25, 0.3) is 17.0 Å². The van der Waals surface area contributed by atoms with Crippen molar-refractivity contribution in [1.82, 2.24) is 39.7 Å². The highest BCUT2D eigenvalue weighted by molar-refractivity contribution is 6.06. The van der Waals surface area contributed by atoms with Crippen LogP contribution in [0.4, 0.5) is 5.95 Å². The van der Waals surface area contributed by atoms with Crippen molar-refractivity contribution in [2.45, 2.75) is 26.3 Å². The predicted octanol–water partition coefficient (Wildman–Crippen LogP) is 0.962. The molecule has 1 aromatic carbocycles. The first-order valence-corrected chi connectivity index (χ1v) is 12.1. The quantitative estimate of drug-likeness (QED) is 0.237. The van der Waals surface area contributed by atoms with Gasteiger partial charge in [-0.25, -0.2) is 14.5 Å². The Bertz CT molecular complexity index is 2030. The van der Waals surface area contributed by atoms with E-state index in [2.05, 4.69) is 35.9 Å². The highest BCUT2D eigenvalue weighted by atomic mass is 16.7. The Morgan fingerprint density at radius 1 is 1.00 bits per heavy atom. The molecular formula is C25H23N9O6. The topological polar surface area (TPSA) is 191 Å². The highest BCUT2D eigenvalue weighted by Gasteiger charge is 2.23. The van der Waals surface area contributed by atoms with E-state index in [0.29, 0.717) is 28.4 Å². The van der Waals surface area contributed by atoms with Crippen LogP contribution in [0.1, 0.15) is 31.1 Å². The molecule has 0 atom stereocenters. The van der Waals surface area contributed by atoms with Crippen molar-refractivity contribution in [1.29, 1.82) is 0 Å². The zero-order chi connectivity index (χ0) is 28.3. The molecule has 0 spiro atoms. The van der Waals surface area contributed by atoms with Gasteiger partial charge in [-0.15, -0.1) is 0 Å². The molecule has 4 aromatic heterocycles. The Hall–Kier alpha value is -5.47. The smallest absolute Gasteiger partial charge is 0.329 e. The number of amides is 1. The second-order valence-electron chi connectivity index (χ2n) is 10.1. The van der Waals surface area contributed by atoms with Gasteiger partial charge in [0.2, 0.25) is 12.7 Å². The number of hydrazine groups is 1. The van der Waals surface area contributed by atoms with Crippen LogP contribution in [0.5, 0.6) is 11.5 Å². The fourth-order valence-electron chi connectivity index (χ4n) is 4.37.